The van der Waals surface area contributed by atoms with E-state index < -0.39 is 38.4 Å². The Kier molecular flexibility index (Phi) is 6.57. The summed E-state index contributed by atoms with van der Waals surface area (Å²) in [7, 11) is -5.55. The summed E-state index contributed by atoms with van der Waals surface area (Å²) in [6.45, 7) is -0.131. The quantitative estimate of drug-likeness (QED) is 0.488. The lowest BCUT2D eigenvalue weighted by Crippen LogP contribution is -2.50. The third-order valence-corrected chi connectivity index (χ3v) is 9.04. The molecule has 2 aromatic carbocycles. The zero-order chi connectivity index (χ0) is 25.5. The van der Waals surface area contributed by atoms with Gasteiger partial charge < -0.3 is 10.0 Å². The van der Waals surface area contributed by atoms with Crippen LogP contribution in [0.2, 0.25) is 0 Å². The zero-order valence-corrected chi connectivity index (χ0v) is 20.6. The van der Waals surface area contributed by atoms with Gasteiger partial charge >= 0.3 is 5.97 Å². The molecule has 1 saturated heterocycles. The molecule has 2 heterocycles. The van der Waals surface area contributed by atoms with E-state index in [4.69, 9.17) is 0 Å². The molecule has 188 valence electrons. The average molecular weight is 526 g/mol. The number of fused-ring (bicyclic) bond motifs is 1. The highest BCUT2D eigenvalue weighted by molar-refractivity contribution is 7.89. The maximum Gasteiger partial charge on any atom is 0.325 e. The summed E-state index contributed by atoms with van der Waals surface area (Å²) in [5, 5.41) is 13.9. The van der Waals surface area contributed by atoms with Crippen LogP contribution in [0.5, 0.6) is 0 Å². The molecule has 1 N–H and O–H groups in total. The van der Waals surface area contributed by atoms with Crippen molar-refractivity contribution in [1.82, 2.24) is 18.4 Å². The molecular weight excluding hydrogens is 501 g/mol. The molecule has 3 aromatic rings. The molecule has 1 fully saturated rings. The predicted molar refractivity (Wildman–Crippen MR) is 127 cm³/mol. The van der Waals surface area contributed by atoms with Gasteiger partial charge in [-0.3, -0.25) is 9.48 Å². The van der Waals surface area contributed by atoms with Crippen molar-refractivity contribution in [2.45, 2.75) is 11.4 Å². The molecule has 0 unspecified atom stereocenters. The van der Waals surface area contributed by atoms with Crippen molar-refractivity contribution in [1.29, 1.82) is 0 Å². The molecule has 11 nitrogen and oxygen atoms in total. The summed E-state index contributed by atoms with van der Waals surface area (Å²) in [5.74, 6) is -1.28. The summed E-state index contributed by atoms with van der Waals surface area (Å²) < 4.78 is 67.1. The van der Waals surface area contributed by atoms with Gasteiger partial charge in [-0.2, -0.15) is 13.7 Å². The van der Waals surface area contributed by atoms with Crippen LogP contribution in [0.1, 0.15) is 0 Å². The Morgan fingerprint density at radius 2 is 1.63 bits per heavy atom. The number of rotatable bonds is 7. The van der Waals surface area contributed by atoms with Gasteiger partial charge in [-0.15, -0.1) is 0 Å². The van der Waals surface area contributed by atoms with Crippen molar-refractivity contribution in [3.8, 4) is 0 Å². The number of piperazine rings is 1. The van der Waals surface area contributed by atoms with Crippen LogP contribution in [-0.4, -0.2) is 85.8 Å². The van der Waals surface area contributed by atoms with Gasteiger partial charge in [0.2, 0.25) is 20.0 Å². The topological polar surface area (TPSA) is 133 Å². The molecule has 0 bridgehead atoms. The van der Waals surface area contributed by atoms with E-state index in [2.05, 4.69) is 5.10 Å². The average Bonchev–Trinajstić information content (AvgIpc) is 3.14. The van der Waals surface area contributed by atoms with Crippen molar-refractivity contribution < 1.29 is 31.1 Å². The fraction of sp³-hybridized carbons (Fsp3) is 0.333. The number of sulfonamides is 2. The molecule has 1 aliphatic rings. The number of carbonyl (C=O) groups is 1. The highest BCUT2D eigenvalue weighted by Crippen LogP contribution is 2.32. The smallest absolute Gasteiger partial charge is 0.325 e. The summed E-state index contributed by atoms with van der Waals surface area (Å²) in [6.07, 6.45) is 1.09. The van der Waals surface area contributed by atoms with Crippen LogP contribution < -0.4 is 4.90 Å². The summed E-state index contributed by atoms with van der Waals surface area (Å²) in [4.78, 5) is 12.9. The molecule has 0 radical (unpaired) electrons. The Hall–Kier alpha value is -3.07. The van der Waals surface area contributed by atoms with E-state index >= 15 is 0 Å². The third kappa shape index (κ3) is 5.00. The van der Waals surface area contributed by atoms with Crippen molar-refractivity contribution >= 4 is 48.4 Å². The van der Waals surface area contributed by atoms with Gasteiger partial charge in [0.25, 0.3) is 0 Å². The zero-order valence-electron chi connectivity index (χ0n) is 19.0. The molecule has 14 heteroatoms. The molecule has 1 aliphatic heterocycles. The number of aliphatic carboxylic acids is 1. The Balaban J connectivity index is 1.59. The van der Waals surface area contributed by atoms with E-state index in [-0.39, 0.29) is 31.1 Å². The number of anilines is 2. The predicted octanol–water partition coefficient (Wildman–Crippen LogP) is 1.29. The molecule has 35 heavy (non-hydrogen) atoms. The van der Waals surface area contributed by atoms with Gasteiger partial charge in [0.1, 0.15) is 12.4 Å². The number of nitrogens with zero attached hydrogens (tertiary/aromatic N) is 5. The SMILES string of the molecule is CN(c1ccc(S(=O)(=O)N2CCN(S(C)(=O)=O)CC2)cc1)c1nn(CC(=O)O)c2ccc(F)cc12. The first kappa shape index (κ1) is 25.0. The van der Waals surface area contributed by atoms with Crippen LogP contribution in [-0.2, 0) is 31.4 Å². The summed E-state index contributed by atoms with van der Waals surface area (Å²) in [6, 6.07) is 9.95. The van der Waals surface area contributed by atoms with Gasteiger partial charge in [0.05, 0.1) is 16.7 Å². The van der Waals surface area contributed by atoms with Gasteiger partial charge in [-0.05, 0) is 42.5 Å². The van der Waals surface area contributed by atoms with E-state index in [1.54, 1.807) is 24.1 Å². The molecule has 0 amide bonds. The third-order valence-electron chi connectivity index (χ3n) is 5.82. The largest absolute Gasteiger partial charge is 0.480 e. The number of hydrogen-bond acceptors (Lipinski definition) is 7. The minimum Gasteiger partial charge on any atom is -0.480 e. The van der Waals surface area contributed by atoms with Crippen molar-refractivity contribution in [2.24, 2.45) is 0 Å². The van der Waals surface area contributed by atoms with E-state index in [0.29, 0.717) is 22.4 Å². The van der Waals surface area contributed by atoms with Crippen LogP contribution in [0, 0.1) is 5.82 Å². The second-order valence-corrected chi connectivity index (χ2v) is 12.1. The lowest BCUT2D eigenvalue weighted by atomic mass is 10.2. The van der Waals surface area contributed by atoms with Crippen LogP contribution in [0.25, 0.3) is 10.9 Å². The Morgan fingerprint density at radius 3 is 2.20 bits per heavy atom. The minimum absolute atomic E-state index is 0.0507. The Morgan fingerprint density at radius 1 is 1.03 bits per heavy atom. The monoisotopic (exact) mass is 525 g/mol. The number of carboxylic acids is 1. The van der Waals surface area contributed by atoms with E-state index in [9.17, 15) is 31.1 Å². The Labute approximate surface area is 202 Å². The normalized spacial score (nSPS) is 16.0. The lowest BCUT2D eigenvalue weighted by molar-refractivity contribution is -0.137. The molecule has 1 aromatic heterocycles. The maximum absolute atomic E-state index is 13.9. The fourth-order valence-corrected chi connectivity index (χ4v) is 6.23. The number of aromatic nitrogens is 2. The van der Waals surface area contributed by atoms with Crippen LogP contribution in [0.3, 0.4) is 0 Å². The maximum atomic E-state index is 13.9. The summed E-state index contributed by atoms with van der Waals surface area (Å²) >= 11 is 0. The van der Waals surface area contributed by atoms with E-state index in [1.807, 2.05) is 0 Å². The fourth-order valence-electron chi connectivity index (χ4n) is 3.99. The first-order chi connectivity index (χ1) is 16.4. The second-order valence-electron chi connectivity index (χ2n) is 8.16. The first-order valence-electron chi connectivity index (χ1n) is 10.5. The number of benzene rings is 2. The van der Waals surface area contributed by atoms with Crippen LogP contribution >= 0.6 is 0 Å². The number of hydrogen-bond donors (Lipinski definition) is 1. The summed E-state index contributed by atoms with van der Waals surface area (Å²) in [5.41, 5.74) is 1.00. The molecule has 0 saturated carbocycles. The van der Waals surface area contributed by atoms with Crippen LogP contribution in [0.15, 0.2) is 47.4 Å². The Bertz CT molecular complexity index is 1480. The van der Waals surface area contributed by atoms with Gasteiger partial charge in [-0.25, -0.2) is 21.2 Å². The lowest BCUT2D eigenvalue weighted by Gasteiger charge is -2.32. The first-order valence-corrected chi connectivity index (χ1v) is 13.8. The number of carboxylic acid groups (broad SMARTS) is 1. The molecule has 0 aliphatic carbocycles. The highest BCUT2D eigenvalue weighted by Gasteiger charge is 2.31. The standard InChI is InChI=1S/C21H24FN5O6S2/c1-24(21-18-13-15(22)3-8-19(18)27(23-21)14-20(28)29)16-4-6-17(7-5-16)35(32,33)26-11-9-25(10-12-26)34(2,30)31/h3-8,13H,9-12,14H2,1-2H3,(H,28,29). The van der Waals surface area contributed by atoms with Crippen molar-refractivity contribution in [3.05, 3.63) is 48.3 Å². The molecule has 0 atom stereocenters. The second kappa shape index (κ2) is 9.18. The van der Waals surface area contributed by atoms with Crippen molar-refractivity contribution in [3.63, 3.8) is 0 Å². The molecule has 0 spiro atoms. The van der Waals surface area contributed by atoms with E-state index in [1.165, 1.54) is 43.6 Å². The molecule has 4 rings (SSSR count). The number of halogens is 1. The van der Waals surface area contributed by atoms with Gasteiger partial charge in [-0.1, -0.05) is 0 Å². The molecular formula is C21H24FN5O6S2. The van der Waals surface area contributed by atoms with Crippen molar-refractivity contribution in [2.75, 3.05) is 44.4 Å². The van der Waals surface area contributed by atoms with Gasteiger partial charge in [0, 0.05) is 44.3 Å². The van der Waals surface area contributed by atoms with Gasteiger partial charge in [0.15, 0.2) is 5.82 Å². The van der Waals surface area contributed by atoms with Crippen LogP contribution in [0.4, 0.5) is 15.9 Å². The minimum atomic E-state index is -3.83. The highest BCUT2D eigenvalue weighted by atomic mass is 32.2. The van der Waals surface area contributed by atoms with E-state index in [0.717, 1.165) is 6.26 Å².